The van der Waals surface area contributed by atoms with Crippen LogP contribution in [0.1, 0.15) is 12.5 Å². The molecule has 1 aromatic heterocycles. The summed E-state index contributed by atoms with van der Waals surface area (Å²) in [5.74, 6) is -0.767. The lowest BCUT2D eigenvalue weighted by Gasteiger charge is -2.07. The molecule has 94 valence electrons. The molecule has 6 heteroatoms. The Labute approximate surface area is 108 Å². The highest BCUT2D eigenvalue weighted by Crippen LogP contribution is 2.27. The summed E-state index contributed by atoms with van der Waals surface area (Å²) in [5.41, 5.74) is 1.86. The Morgan fingerprint density at radius 2 is 2.11 bits per heavy atom. The molecule has 2 aromatic rings. The van der Waals surface area contributed by atoms with Gasteiger partial charge in [-0.15, -0.1) is 10.2 Å². The quantitative estimate of drug-likeness (QED) is 0.773. The van der Waals surface area contributed by atoms with Gasteiger partial charge >= 0.3 is 0 Å². The highest BCUT2D eigenvalue weighted by atomic mass is 32.2. The molecule has 2 rings (SSSR count). The van der Waals surface area contributed by atoms with Crippen molar-refractivity contribution in [3.8, 4) is 11.5 Å². The molecule has 0 unspecified atom stereocenters. The number of aromatic nitrogens is 2. The second-order valence-corrected chi connectivity index (χ2v) is 5.06. The van der Waals surface area contributed by atoms with Gasteiger partial charge < -0.3 is 14.3 Å². The Kier molecular flexibility index (Phi) is 3.66. The molecule has 0 aliphatic carbocycles. The molecular formula is C12H11N2O3S-. The third-order valence-electron chi connectivity index (χ3n) is 2.39. The van der Waals surface area contributed by atoms with E-state index in [4.69, 9.17) is 4.42 Å². The zero-order valence-corrected chi connectivity index (χ0v) is 10.7. The third kappa shape index (κ3) is 2.70. The molecule has 0 saturated carbocycles. The summed E-state index contributed by atoms with van der Waals surface area (Å²) in [7, 11) is 0. The number of aryl methyl sites for hydroxylation is 1. The number of carboxylic acids is 1. The second-order valence-electron chi connectivity index (χ2n) is 3.77. The minimum Gasteiger partial charge on any atom is -0.549 e. The van der Waals surface area contributed by atoms with Crippen LogP contribution in [0.25, 0.3) is 11.5 Å². The molecule has 0 fully saturated rings. The van der Waals surface area contributed by atoms with Crippen molar-refractivity contribution in [3.63, 3.8) is 0 Å². The van der Waals surface area contributed by atoms with Gasteiger partial charge in [-0.05, 0) is 25.5 Å². The van der Waals surface area contributed by atoms with Crippen molar-refractivity contribution in [2.24, 2.45) is 0 Å². The minimum atomic E-state index is -1.16. The molecule has 0 radical (unpaired) electrons. The number of nitrogens with zero attached hydrogens (tertiary/aromatic N) is 2. The standard InChI is InChI=1S/C12H12N2O3S/c1-7-5-3-4-6-9(7)10-13-14-12(17-10)18-8(2)11(15)16/h3-6,8H,1-2H3,(H,15,16)/p-1/t8-/m1/s1. The van der Waals surface area contributed by atoms with Crippen LogP contribution in [0.3, 0.4) is 0 Å². The molecule has 0 spiro atoms. The molecule has 1 heterocycles. The molecule has 0 saturated heterocycles. The summed E-state index contributed by atoms with van der Waals surface area (Å²) < 4.78 is 5.42. The van der Waals surface area contributed by atoms with E-state index >= 15 is 0 Å². The number of hydrogen-bond acceptors (Lipinski definition) is 6. The van der Waals surface area contributed by atoms with Crippen molar-refractivity contribution < 1.29 is 14.3 Å². The number of thioether (sulfide) groups is 1. The fourth-order valence-electron chi connectivity index (χ4n) is 1.38. The average Bonchev–Trinajstić information content (AvgIpc) is 2.77. The Morgan fingerprint density at radius 1 is 1.39 bits per heavy atom. The Hall–Kier alpha value is -1.82. The van der Waals surface area contributed by atoms with Crippen molar-refractivity contribution in [2.75, 3.05) is 0 Å². The van der Waals surface area contributed by atoms with E-state index < -0.39 is 11.2 Å². The molecular weight excluding hydrogens is 252 g/mol. The lowest BCUT2D eigenvalue weighted by atomic mass is 10.1. The lowest BCUT2D eigenvalue weighted by Crippen LogP contribution is -2.31. The number of aliphatic carboxylic acids is 1. The fourth-order valence-corrected chi connectivity index (χ4v) is 1.99. The summed E-state index contributed by atoms with van der Waals surface area (Å²) in [6, 6.07) is 7.61. The monoisotopic (exact) mass is 263 g/mol. The first-order chi connectivity index (χ1) is 8.58. The van der Waals surface area contributed by atoms with E-state index in [2.05, 4.69) is 10.2 Å². The maximum Gasteiger partial charge on any atom is 0.277 e. The highest BCUT2D eigenvalue weighted by Gasteiger charge is 2.14. The van der Waals surface area contributed by atoms with E-state index in [0.29, 0.717) is 5.89 Å². The van der Waals surface area contributed by atoms with Gasteiger partial charge in [0.1, 0.15) is 0 Å². The highest BCUT2D eigenvalue weighted by molar-refractivity contribution is 8.00. The van der Waals surface area contributed by atoms with Crippen LogP contribution < -0.4 is 5.11 Å². The zero-order chi connectivity index (χ0) is 13.1. The molecule has 0 aliphatic heterocycles. The van der Waals surface area contributed by atoms with E-state index in [0.717, 1.165) is 22.9 Å². The van der Waals surface area contributed by atoms with E-state index in [-0.39, 0.29) is 5.22 Å². The van der Waals surface area contributed by atoms with Crippen LogP contribution in [0.15, 0.2) is 33.9 Å². The summed E-state index contributed by atoms with van der Waals surface area (Å²) in [5, 5.41) is 17.8. The fraction of sp³-hybridized carbons (Fsp3) is 0.250. The molecule has 1 atom stereocenters. The average molecular weight is 263 g/mol. The minimum absolute atomic E-state index is 0.227. The van der Waals surface area contributed by atoms with Crippen LogP contribution in [0.2, 0.25) is 0 Å². The van der Waals surface area contributed by atoms with E-state index in [1.807, 2.05) is 31.2 Å². The molecule has 5 nitrogen and oxygen atoms in total. The zero-order valence-electron chi connectivity index (χ0n) is 9.91. The van der Waals surface area contributed by atoms with Gasteiger partial charge in [0.25, 0.3) is 5.22 Å². The van der Waals surface area contributed by atoms with E-state index in [9.17, 15) is 9.90 Å². The van der Waals surface area contributed by atoms with Crippen LogP contribution in [0.5, 0.6) is 0 Å². The molecule has 0 bridgehead atoms. The number of rotatable bonds is 4. The van der Waals surface area contributed by atoms with Crippen LogP contribution in [0, 0.1) is 6.92 Å². The smallest absolute Gasteiger partial charge is 0.277 e. The van der Waals surface area contributed by atoms with Crippen LogP contribution in [-0.4, -0.2) is 21.4 Å². The van der Waals surface area contributed by atoms with Crippen molar-refractivity contribution in [1.82, 2.24) is 10.2 Å². The Bertz CT molecular complexity index is 568. The topological polar surface area (TPSA) is 79.0 Å². The number of hydrogen-bond donors (Lipinski definition) is 0. The summed E-state index contributed by atoms with van der Waals surface area (Å²) in [6.45, 7) is 3.45. The predicted molar refractivity (Wildman–Crippen MR) is 64.8 cm³/mol. The lowest BCUT2D eigenvalue weighted by molar-refractivity contribution is -0.304. The van der Waals surface area contributed by atoms with Crippen LogP contribution in [0.4, 0.5) is 0 Å². The third-order valence-corrected chi connectivity index (χ3v) is 3.30. The molecule has 0 amide bonds. The van der Waals surface area contributed by atoms with Crippen molar-refractivity contribution in [2.45, 2.75) is 24.3 Å². The van der Waals surface area contributed by atoms with Gasteiger partial charge in [0, 0.05) is 5.56 Å². The maximum absolute atomic E-state index is 10.6. The van der Waals surface area contributed by atoms with Crippen molar-refractivity contribution in [1.29, 1.82) is 0 Å². The van der Waals surface area contributed by atoms with Crippen molar-refractivity contribution in [3.05, 3.63) is 29.8 Å². The number of carbonyl (C=O) groups is 1. The summed E-state index contributed by atoms with van der Waals surface area (Å²) in [4.78, 5) is 10.6. The van der Waals surface area contributed by atoms with Gasteiger partial charge in [-0.3, -0.25) is 0 Å². The number of carboxylic acid groups (broad SMARTS) is 1. The largest absolute Gasteiger partial charge is 0.549 e. The first-order valence-electron chi connectivity index (χ1n) is 5.35. The number of carbonyl (C=O) groups excluding carboxylic acids is 1. The van der Waals surface area contributed by atoms with E-state index in [1.165, 1.54) is 6.92 Å². The first kappa shape index (κ1) is 12.6. The van der Waals surface area contributed by atoms with Crippen LogP contribution >= 0.6 is 11.8 Å². The SMILES string of the molecule is Cc1ccccc1-c1nnc(S[C@H](C)C(=O)[O-])o1. The molecule has 0 aliphatic rings. The van der Waals surface area contributed by atoms with E-state index in [1.54, 1.807) is 0 Å². The van der Waals surface area contributed by atoms with Gasteiger partial charge in [0.2, 0.25) is 5.89 Å². The summed E-state index contributed by atoms with van der Waals surface area (Å²) in [6.07, 6.45) is 0. The van der Waals surface area contributed by atoms with Crippen LogP contribution in [-0.2, 0) is 4.79 Å². The van der Waals surface area contributed by atoms with Gasteiger partial charge in [0.15, 0.2) is 0 Å². The van der Waals surface area contributed by atoms with Crippen molar-refractivity contribution >= 4 is 17.7 Å². The normalized spacial score (nSPS) is 12.3. The first-order valence-corrected chi connectivity index (χ1v) is 6.23. The molecule has 18 heavy (non-hydrogen) atoms. The van der Waals surface area contributed by atoms with Gasteiger partial charge in [0.05, 0.1) is 11.2 Å². The Morgan fingerprint density at radius 3 is 2.78 bits per heavy atom. The Balaban J connectivity index is 2.21. The van der Waals surface area contributed by atoms with Gasteiger partial charge in [-0.25, -0.2) is 0 Å². The summed E-state index contributed by atoms with van der Waals surface area (Å²) >= 11 is 0.971. The molecule has 1 aromatic carbocycles. The van der Waals surface area contributed by atoms with Gasteiger partial charge in [-0.2, -0.15) is 0 Å². The predicted octanol–water partition coefficient (Wildman–Crippen LogP) is 1.28. The maximum atomic E-state index is 10.6. The molecule has 0 N–H and O–H groups in total. The second kappa shape index (κ2) is 5.22. The van der Waals surface area contributed by atoms with Gasteiger partial charge in [-0.1, -0.05) is 30.0 Å². The number of benzene rings is 1.